The molecule has 2 saturated carbocycles. The molecule has 2 aliphatic carbocycles. The molecule has 2 nitrogen and oxygen atoms in total. The number of hydrogen-bond acceptors (Lipinski definition) is 2. The highest BCUT2D eigenvalue weighted by atomic mass is 35.7. The highest BCUT2D eigenvalue weighted by molar-refractivity contribution is 8.15. The van der Waals surface area contributed by atoms with E-state index in [0.717, 1.165) is 19.3 Å². The van der Waals surface area contributed by atoms with Crippen molar-refractivity contribution in [3.05, 3.63) is 0 Å². The molecular weight excluding hydrogens is 208 g/mol. The fraction of sp³-hybridized carbons (Fsp3) is 1.00. The predicted molar refractivity (Wildman–Crippen MR) is 53.3 cm³/mol. The highest BCUT2D eigenvalue weighted by Crippen LogP contribution is 2.57. The Kier molecular flexibility index (Phi) is 1.98. The molecule has 2 fully saturated rings. The Morgan fingerprint density at radius 1 is 1.23 bits per heavy atom. The number of halogens is 1. The second-order valence-electron chi connectivity index (χ2n) is 4.96. The molecule has 13 heavy (non-hydrogen) atoms. The Balaban J connectivity index is 2.10. The van der Waals surface area contributed by atoms with Crippen LogP contribution in [0, 0.1) is 5.41 Å². The van der Waals surface area contributed by atoms with E-state index in [1.165, 1.54) is 19.3 Å². The zero-order valence-electron chi connectivity index (χ0n) is 7.85. The van der Waals surface area contributed by atoms with E-state index in [2.05, 4.69) is 6.92 Å². The van der Waals surface area contributed by atoms with E-state index in [9.17, 15) is 8.42 Å². The molecule has 0 aromatic heterocycles. The maximum absolute atomic E-state index is 11.3. The van der Waals surface area contributed by atoms with Crippen molar-refractivity contribution < 1.29 is 8.42 Å². The van der Waals surface area contributed by atoms with Crippen LogP contribution >= 0.6 is 10.7 Å². The molecule has 0 spiro atoms. The van der Waals surface area contributed by atoms with Gasteiger partial charge < -0.3 is 0 Å². The summed E-state index contributed by atoms with van der Waals surface area (Å²) in [5.41, 5.74) is 0.262. The van der Waals surface area contributed by atoms with Gasteiger partial charge in [-0.25, -0.2) is 8.42 Å². The van der Waals surface area contributed by atoms with Crippen LogP contribution in [0.2, 0.25) is 0 Å². The summed E-state index contributed by atoms with van der Waals surface area (Å²) in [6.45, 7) is 2.18. The highest BCUT2D eigenvalue weighted by Gasteiger charge is 2.57. The van der Waals surface area contributed by atoms with Gasteiger partial charge in [0, 0.05) is 10.7 Å². The van der Waals surface area contributed by atoms with Crippen molar-refractivity contribution in [2.45, 2.75) is 50.2 Å². The van der Waals surface area contributed by atoms with Crippen molar-refractivity contribution in [2.75, 3.05) is 0 Å². The predicted octanol–water partition coefficient (Wildman–Crippen LogP) is 2.67. The van der Waals surface area contributed by atoms with E-state index < -0.39 is 13.8 Å². The molecule has 0 unspecified atom stereocenters. The third-order valence-electron chi connectivity index (χ3n) is 3.63. The van der Waals surface area contributed by atoms with Crippen molar-refractivity contribution >= 4 is 19.7 Å². The third-order valence-corrected chi connectivity index (χ3v) is 6.20. The summed E-state index contributed by atoms with van der Waals surface area (Å²) < 4.78 is 22.1. The van der Waals surface area contributed by atoms with E-state index in [-0.39, 0.29) is 5.41 Å². The molecule has 0 bridgehead atoms. The first-order valence-electron chi connectivity index (χ1n) is 4.81. The maximum Gasteiger partial charge on any atom is 0.238 e. The molecular formula is C9H15ClO2S. The Hall–Kier alpha value is 0.240. The third kappa shape index (κ3) is 1.61. The van der Waals surface area contributed by atoms with Gasteiger partial charge in [0.25, 0.3) is 0 Å². The summed E-state index contributed by atoms with van der Waals surface area (Å²) in [5.74, 6) is 0. The summed E-state index contributed by atoms with van der Waals surface area (Å²) in [5, 5.41) is 0. The normalized spacial score (nSPS) is 29.4. The minimum absolute atomic E-state index is 0.262. The lowest BCUT2D eigenvalue weighted by atomic mass is 9.67. The second kappa shape index (κ2) is 2.63. The lowest BCUT2D eigenvalue weighted by Gasteiger charge is -2.40. The lowest BCUT2D eigenvalue weighted by Crippen LogP contribution is -2.33. The molecule has 0 radical (unpaired) electrons. The number of rotatable bonds is 3. The van der Waals surface area contributed by atoms with Gasteiger partial charge in [0.2, 0.25) is 9.05 Å². The van der Waals surface area contributed by atoms with Crippen LogP contribution in [0.1, 0.15) is 45.4 Å². The molecule has 0 aliphatic heterocycles. The molecule has 0 aromatic carbocycles. The van der Waals surface area contributed by atoms with Crippen molar-refractivity contribution in [1.29, 1.82) is 0 Å². The van der Waals surface area contributed by atoms with Crippen LogP contribution in [-0.2, 0) is 9.05 Å². The van der Waals surface area contributed by atoms with E-state index >= 15 is 0 Å². The average Bonchev–Trinajstić information content (AvgIpc) is 2.64. The zero-order valence-corrected chi connectivity index (χ0v) is 9.42. The first kappa shape index (κ1) is 9.78. The van der Waals surface area contributed by atoms with Crippen LogP contribution in [0.15, 0.2) is 0 Å². The molecule has 0 heterocycles. The van der Waals surface area contributed by atoms with Gasteiger partial charge in [0.1, 0.15) is 0 Å². The molecule has 0 aromatic rings. The minimum Gasteiger partial charge on any atom is -0.212 e. The molecule has 0 N–H and O–H groups in total. The summed E-state index contributed by atoms with van der Waals surface area (Å²) in [6, 6.07) is 0. The van der Waals surface area contributed by atoms with Crippen molar-refractivity contribution in [3.63, 3.8) is 0 Å². The van der Waals surface area contributed by atoms with Crippen LogP contribution < -0.4 is 0 Å². The first-order valence-corrected chi connectivity index (χ1v) is 7.12. The fourth-order valence-corrected chi connectivity index (χ4v) is 4.12. The van der Waals surface area contributed by atoms with E-state index in [4.69, 9.17) is 10.7 Å². The van der Waals surface area contributed by atoms with Crippen LogP contribution in [0.25, 0.3) is 0 Å². The smallest absolute Gasteiger partial charge is 0.212 e. The molecule has 2 rings (SSSR count). The molecule has 76 valence electrons. The van der Waals surface area contributed by atoms with Gasteiger partial charge in [-0.15, -0.1) is 0 Å². The Morgan fingerprint density at radius 3 is 2.00 bits per heavy atom. The largest absolute Gasteiger partial charge is 0.238 e. The minimum atomic E-state index is -3.33. The quantitative estimate of drug-likeness (QED) is 0.688. The SMILES string of the molecule is CC1(CC2(S(=O)(=O)Cl)CC2)CCC1. The molecule has 2 aliphatic rings. The maximum atomic E-state index is 11.3. The van der Waals surface area contributed by atoms with Crippen molar-refractivity contribution in [3.8, 4) is 0 Å². The topological polar surface area (TPSA) is 34.1 Å². The Labute approximate surface area is 84.1 Å². The summed E-state index contributed by atoms with van der Waals surface area (Å²) >= 11 is 0. The first-order chi connectivity index (χ1) is 5.87. The van der Waals surface area contributed by atoms with Crippen LogP contribution in [-0.4, -0.2) is 13.2 Å². The number of hydrogen-bond donors (Lipinski definition) is 0. The Bertz CT molecular complexity index is 313. The second-order valence-corrected chi connectivity index (χ2v) is 7.92. The zero-order chi connectivity index (χ0) is 9.74. The molecule has 0 atom stereocenters. The summed E-state index contributed by atoms with van der Waals surface area (Å²) in [6.07, 6.45) is 5.91. The Morgan fingerprint density at radius 2 is 1.77 bits per heavy atom. The molecule has 4 heteroatoms. The van der Waals surface area contributed by atoms with Crippen LogP contribution in [0.3, 0.4) is 0 Å². The van der Waals surface area contributed by atoms with Gasteiger partial charge in [0.15, 0.2) is 0 Å². The summed E-state index contributed by atoms with van der Waals surface area (Å²) in [4.78, 5) is 0. The van der Waals surface area contributed by atoms with Gasteiger partial charge in [-0.2, -0.15) is 0 Å². The monoisotopic (exact) mass is 222 g/mol. The van der Waals surface area contributed by atoms with Crippen molar-refractivity contribution in [1.82, 2.24) is 0 Å². The van der Waals surface area contributed by atoms with Gasteiger partial charge in [0.05, 0.1) is 4.75 Å². The average molecular weight is 223 g/mol. The van der Waals surface area contributed by atoms with Crippen LogP contribution in [0.4, 0.5) is 0 Å². The van der Waals surface area contributed by atoms with Crippen molar-refractivity contribution in [2.24, 2.45) is 5.41 Å². The molecule has 0 saturated heterocycles. The van der Waals surface area contributed by atoms with E-state index in [1.54, 1.807) is 0 Å². The van der Waals surface area contributed by atoms with Gasteiger partial charge in [-0.1, -0.05) is 13.3 Å². The fourth-order valence-electron chi connectivity index (χ4n) is 2.38. The van der Waals surface area contributed by atoms with Gasteiger partial charge >= 0.3 is 0 Å². The lowest BCUT2D eigenvalue weighted by molar-refractivity contribution is 0.141. The summed E-state index contributed by atoms with van der Waals surface area (Å²) in [7, 11) is 2.12. The standard InChI is InChI=1S/C9H15ClO2S/c1-8(3-2-4-8)7-9(5-6-9)13(10,11)12/h2-7H2,1H3. The van der Waals surface area contributed by atoms with Gasteiger partial charge in [-0.05, 0) is 37.5 Å². The molecule has 0 amide bonds. The van der Waals surface area contributed by atoms with Crippen LogP contribution in [0.5, 0.6) is 0 Å². The van der Waals surface area contributed by atoms with E-state index in [1.807, 2.05) is 0 Å². The van der Waals surface area contributed by atoms with Gasteiger partial charge in [-0.3, -0.25) is 0 Å². The van der Waals surface area contributed by atoms with E-state index in [0.29, 0.717) is 0 Å².